The normalized spacial score (nSPS) is 12.2. The topological polar surface area (TPSA) is 47.0 Å². The largest absolute Gasteiger partial charge is 0.480 e. The Balaban J connectivity index is 2.43. The first-order chi connectivity index (χ1) is 7.26. The first-order valence-corrected chi connectivity index (χ1v) is 5.44. The molecule has 0 bridgehead atoms. The number of aromatic nitrogens is 2. The molecule has 0 aliphatic carbocycles. The second kappa shape index (κ2) is 6.45. The molecule has 4 nitrogen and oxygen atoms in total. The summed E-state index contributed by atoms with van der Waals surface area (Å²) in [5.41, 5.74) is 0. The summed E-state index contributed by atoms with van der Waals surface area (Å²) in [5, 5.41) is 3.25. The molecule has 5 heteroatoms. The molecule has 0 saturated carbocycles. The van der Waals surface area contributed by atoms with Gasteiger partial charge in [0.15, 0.2) is 0 Å². The van der Waals surface area contributed by atoms with E-state index in [2.05, 4.69) is 22.2 Å². The first kappa shape index (κ1) is 12.0. The average Bonchev–Trinajstić information content (AvgIpc) is 2.27. The lowest BCUT2D eigenvalue weighted by atomic mass is 10.2. The summed E-state index contributed by atoms with van der Waals surface area (Å²) in [6, 6.07) is 0. The third-order valence-corrected chi connectivity index (χ3v) is 2.30. The van der Waals surface area contributed by atoms with Gasteiger partial charge in [0.1, 0.15) is 5.82 Å². The van der Waals surface area contributed by atoms with Gasteiger partial charge in [-0.3, -0.25) is 4.98 Å². The number of alkyl halides is 1. The molecule has 0 saturated heterocycles. The standard InChI is InChI=1S/C10H16ClN3O/c1-3-4-8(11)5-13-9-6-12-7-10(14-9)15-2/h6-8H,3-5H2,1-2H3,(H,13,14). The van der Waals surface area contributed by atoms with Gasteiger partial charge in [-0.05, 0) is 6.42 Å². The first-order valence-electron chi connectivity index (χ1n) is 5.00. The summed E-state index contributed by atoms with van der Waals surface area (Å²) in [6.45, 7) is 2.80. The Morgan fingerprint density at radius 1 is 1.53 bits per heavy atom. The minimum atomic E-state index is 0.128. The molecule has 0 radical (unpaired) electrons. The Labute approximate surface area is 95.0 Å². The second-order valence-electron chi connectivity index (χ2n) is 3.21. The molecule has 0 aliphatic heterocycles. The van der Waals surface area contributed by atoms with E-state index in [1.165, 1.54) is 0 Å². The van der Waals surface area contributed by atoms with E-state index in [-0.39, 0.29) is 5.38 Å². The van der Waals surface area contributed by atoms with Crippen molar-refractivity contribution in [1.29, 1.82) is 0 Å². The molecule has 15 heavy (non-hydrogen) atoms. The molecule has 1 N–H and O–H groups in total. The van der Waals surface area contributed by atoms with Crippen LogP contribution in [-0.2, 0) is 0 Å². The van der Waals surface area contributed by atoms with Gasteiger partial charge in [-0.2, -0.15) is 4.98 Å². The Morgan fingerprint density at radius 2 is 2.33 bits per heavy atom. The minimum absolute atomic E-state index is 0.128. The highest BCUT2D eigenvalue weighted by Crippen LogP contribution is 2.10. The maximum Gasteiger partial charge on any atom is 0.233 e. The van der Waals surface area contributed by atoms with Gasteiger partial charge in [0.05, 0.1) is 24.9 Å². The Bertz CT molecular complexity index is 296. The predicted octanol–water partition coefficient (Wildman–Crippen LogP) is 2.30. The van der Waals surface area contributed by atoms with Crippen molar-refractivity contribution >= 4 is 17.4 Å². The van der Waals surface area contributed by atoms with Gasteiger partial charge in [-0.15, -0.1) is 11.6 Å². The second-order valence-corrected chi connectivity index (χ2v) is 3.83. The van der Waals surface area contributed by atoms with Crippen molar-refractivity contribution in [2.75, 3.05) is 19.0 Å². The molecular weight excluding hydrogens is 214 g/mol. The molecule has 1 unspecified atom stereocenters. The van der Waals surface area contributed by atoms with Crippen LogP contribution in [-0.4, -0.2) is 29.0 Å². The van der Waals surface area contributed by atoms with Crippen molar-refractivity contribution in [2.45, 2.75) is 25.1 Å². The molecule has 0 fully saturated rings. The van der Waals surface area contributed by atoms with Gasteiger partial charge in [0, 0.05) is 6.54 Å². The number of nitrogens with zero attached hydrogens (tertiary/aromatic N) is 2. The van der Waals surface area contributed by atoms with Crippen LogP contribution in [0.4, 0.5) is 5.82 Å². The minimum Gasteiger partial charge on any atom is -0.480 e. The van der Waals surface area contributed by atoms with E-state index >= 15 is 0 Å². The maximum absolute atomic E-state index is 6.06. The molecule has 0 aromatic carbocycles. The van der Waals surface area contributed by atoms with E-state index in [1.807, 2.05) is 0 Å². The van der Waals surface area contributed by atoms with Crippen LogP contribution >= 0.6 is 11.6 Å². The zero-order chi connectivity index (χ0) is 11.1. The van der Waals surface area contributed by atoms with Gasteiger partial charge in [-0.1, -0.05) is 13.3 Å². The monoisotopic (exact) mass is 229 g/mol. The molecule has 1 rings (SSSR count). The van der Waals surface area contributed by atoms with Crippen molar-refractivity contribution in [2.24, 2.45) is 0 Å². The molecule has 1 aromatic heterocycles. The van der Waals surface area contributed by atoms with Crippen molar-refractivity contribution in [3.63, 3.8) is 0 Å². The van der Waals surface area contributed by atoms with Crippen molar-refractivity contribution in [1.82, 2.24) is 9.97 Å². The molecule has 84 valence electrons. The summed E-state index contributed by atoms with van der Waals surface area (Å²) < 4.78 is 4.96. The fourth-order valence-corrected chi connectivity index (χ4v) is 1.46. The van der Waals surface area contributed by atoms with Gasteiger partial charge < -0.3 is 10.1 Å². The quantitative estimate of drug-likeness (QED) is 0.761. The highest BCUT2D eigenvalue weighted by molar-refractivity contribution is 6.20. The molecule has 0 spiro atoms. The molecule has 0 aliphatic rings. The highest BCUT2D eigenvalue weighted by atomic mass is 35.5. The molecule has 0 amide bonds. The van der Waals surface area contributed by atoms with Crippen molar-refractivity contribution < 1.29 is 4.74 Å². The predicted molar refractivity (Wildman–Crippen MR) is 61.6 cm³/mol. The fraction of sp³-hybridized carbons (Fsp3) is 0.600. The fourth-order valence-electron chi connectivity index (χ4n) is 1.16. The zero-order valence-corrected chi connectivity index (χ0v) is 9.79. The van der Waals surface area contributed by atoms with Crippen molar-refractivity contribution in [3.05, 3.63) is 12.4 Å². The van der Waals surface area contributed by atoms with Gasteiger partial charge in [-0.25, -0.2) is 0 Å². The van der Waals surface area contributed by atoms with Crippen molar-refractivity contribution in [3.8, 4) is 5.88 Å². The molecule has 1 aromatic rings. The summed E-state index contributed by atoms with van der Waals surface area (Å²) in [7, 11) is 1.56. The van der Waals surface area contributed by atoms with E-state index in [0.717, 1.165) is 12.8 Å². The maximum atomic E-state index is 6.06. The molecule has 1 atom stereocenters. The lowest BCUT2D eigenvalue weighted by Gasteiger charge is -2.10. The molecule has 1 heterocycles. The SMILES string of the molecule is CCCC(Cl)CNc1cncc(OC)n1. The summed E-state index contributed by atoms with van der Waals surface area (Å²) in [4.78, 5) is 8.16. The van der Waals surface area contributed by atoms with Crippen LogP contribution in [0.1, 0.15) is 19.8 Å². The Morgan fingerprint density at radius 3 is 3.00 bits per heavy atom. The number of ether oxygens (including phenoxy) is 1. The van der Waals surface area contributed by atoms with E-state index in [4.69, 9.17) is 16.3 Å². The number of methoxy groups -OCH3 is 1. The number of anilines is 1. The molecular formula is C10H16ClN3O. The van der Waals surface area contributed by atoms with Gasteiger partial charge in [0.2, 0.25) is 5.88 Å². The van der Waals surface area contributed by atoms with Crippen LogP contribution < -0.4 is 10.1 Å². The van der Waals surface area contributed by atoms with Crippen LogP contribution in [0.3, 0.4) is 0 Å². The van der Waals surface area contributed by atoms with Crippen LogP contribution in [0.15, 0.2) is 12.4 Å². The van der Waals surface area contributed by atoms with Crippen LogP contribution in [0.5, 0.6) is 5.88 Å². The van der Waals surface area contributed by atoms with E-state index < -0.39 is 0 Å². The number of hydrogen-bond donors (Lipinski definition) is 1. The zero-order valence-electron chi connectivity index (χ0n) is 9.03. The van der Waals surface area contributed by atoms with E-state index in [0.29, 0.717) is 18.2 Å². The summed E-state index contributed by atoms with van der Waals surface area (Å²) >= 11 is 6.06. The third-order valence-electron chi connectivity index (χ3n) is 1.93. The van der Waals surface area contributed by atoms with Gasteiger partial charge in [0.25, 0.3) is 0 Å². The van der Waals surface area contributed by atoms with Gasteiger partial charge >= 0.3 is 0 Å². The lowest BCUT2D eigenvalue weighted by Crippen LogP contribution is -2.14. The number of rotatable bonds is 6. The average molecular weight is 230 g/mol. The number of hydrogen-bond acceptors (Lipinski definition) is 4. The lowest BCUT2D eigenvalue weighted by molar-refractivity contribution is 0.396. The smallest absolute Gasteiger partial charge is 0.233 e. The summed E-state index contributed by atoms with van der Waals surface area (Å²) in [6.07, 6.45) is 5.29. The van der Waals surface area contributed by atoms with E-state index in [9.17, 15) is 0 Å². The number of halogens is 1. The Kier molecular flexibility index (Phi) is 5.18. The number of nitrogens with one attached hydrogen (secondary N) is 1. The Hall–Kier alpha value is -1.03. The summed E-state index contributed by atoms with van der Waals surface area (Å²) in [5.74, 6) is 1.19. The van der Waals surface area contributed by atoms with Crippen LogP contribution in [0, 0.1) is 0 Å². The van der Waals surface area contributed by atoms with Crippen LogP contribution in [0.25, 0.3) is 0 Å². The highest BCUT2D eigenvalue weighted by Gasteiger charge is 2.04. The van der Waals surface area contributed by atoms with Crippen LogP contribution in [0.2, 0.25) is 0 Å². The third kappa shape index (κ3) is 4.34. The van der Waals surface area contributed by atoms with E-state index in [1.54, 1.807) is 19.5 Å².